The molecule has 1 aliphatic rings. The highest BCUT2D eigenvalue weighted by atomic mass is 16.5. The van der Waals surface area contributed by atoms with Crippen LogP contribution < -0.4 is 15.0 Å². The number of anilines is 2. The van der Waals surface area contributed by atoms with Crippen molar-refractivity contribution >= 4 is 23.2 Å². The zero-order valence-electron chi connectivity index (χ0n) is 16.0. The number of ether oxygens (including phenoxy) is 1. The minimum atomic E-state index is -0.0824. The number of amides is 2. The van der Waals surface area contributed by atoms with E-state index < -0.39 is 0 Å². The molecule has 4 rings (SSSR count). The molecular formula is C24H22N2O3. The predicted octanol–water partition coefficient (Wildman–Crippen LogP) is 4.18. The summed E-state index contributed by atoms with van der Waals surface area (Å²) < 4.78 is 5.61. The quantitative estimate of drug-likeness (QED) is 0.691. The second-order valence-electron chi connectivity index (χ2n) is 6.97. The van der Waals surface area contributed by atoms with Gasteiger partial charge in [-0.2, -0.15) is 0 Å². The fraction of sp³-hybridized carbons (Fsp3) is 0.167. The fourth-order valence-electron chi connectivity index (χ4n) is 3.35. The SMILES string of the molecule is O=C(CCc1ccccc1)Nc1ccc2c(c1)OCC(=O)N2Cc1ccccc1. The van der Waals surface area contributed by atoms with Gasteiger partial charge in [-0.25, -0.2) is 0 Å². The highest BCUT2D eigenvalue weighted by molar-refractivity contribution is 5.99. The zero-order valence-corrected chi connectivity index (χ0v) is 16.0. The maximum absolute atomic E-state index is 12.4. The Morgan fingerprint density at radius 2 is 1.62 bits per heavy atom. The highest BCUT2D eigenvalue weighted by Gasteiger charge is 2.26. The summed E-state index contributed by atoms with van der Waals surface area (Å²) >= 11 is 0. The van der Waals surface area contributed by atoms with E-state index in [1.54, 1.807) is 17.0 Å². The van der Waals surface area contributed by atoms with Gasteiger partial charge < -0.3 is 15.0 Å². The van der Waals surface area contributed by atoms with E-state index in [-0.39, 0.29) is 18.4 Å². The van der Waals surface area contributed by atoms with E-state index in [9.17, 15) is 9.59 Å². The van der Waals surface area contributed by atoms with Crippen LogP contribution in [0, 0.1) is 0 Å². The predicted molar refractivity (Wildman–Crippen MR) is 113 cm³/mol. The van der Waals surface area contributed by atoms with E-state index in [0.29, 0.717) is 36.5 Å². The number of fused-ring (bicyclic) bond motifs is 1. The largest absolute Gasteiger partial charge is 0.481 e. The molecule has 0 bridgehead atoms. The van der Waals surface area contributed by atoms with Gasteiger partial charge in [0.2, 0.25) is 5.91 Å². The summed E-state index contributed by atoms with van der Waals surface area (Å²) in [6, 6.07) is 25.2. The first-order valence-electron chi connectivity index (χ1n) is 9.64. The Kier molecular flexibility index (Phi) is 5.56. The van der Waals surface area contributed by atoms with Gasteiger partial charge in [-0.1, -0.05) is 60.7 Å². The lowest BCUT2D eigenvalue weighted by molar-refractivity contribution is -0.121. The lowest BCUT2D eigenvalue weighted by Crippen LogP contribution is -2.38. The summed E-state index contributed by atoms with van der Waals surface area (Å²) in [4.78, 5) is 26.4. The molecule has 0 unspecified atom stereocenters. The number of benzene rings is 3. The Labute approximate surface area is 169 Å². The van der Waals surface area contributed by atoms with E-state index in [1.807, 2.05) is 66.7 Å². The van der Waals surface area contributed by atoms with Crippen molar-refractivity contribution in [1.82, 2.24) is 0 Å². The summed E-state index contributed by atoms with van der Waals surface area (Å²) in [6.07, 6.45) is 1.09. The number of hydrogen-bond acceptors (Lipinski definition) is 3. The van der Waals surface area contributed by atoms with E-state index in [1.165, 1.54) is 0 Å². The molecule has 146 valence electrons. The lowest BCUT2D eigenvalue weighted by atomic mass is 10.1. The molecule has 5 heteroatoms. The van der Waals surface area contributed by atoms with Crippen LogP contribution >= 0.6 is 0 Å². The number of hydrogen-bond donors (Lipinski definition) is 1. The van der Waals surface area contributed by atoms with Gasteiger partial charge in [0.15, 0.2) is 6.61 Å². The first-order valence-corrected chi connectivity index (χ1v) is 9.64. The van der Waals surface area contributed by atoms with Crippen molar-refractivity contribution in [2.45, 2.75) is 19.4 Å². The fourth-order valence-corrected chi connectivity index (χ4v) is 3.35. The van der Waals surface area contributed by atoms with Crippen molar-refractivity contribution in [3.8, 4) is 5.75 Å². The smallest absolute Gasteiger partial charge is 0.265 e. The number of nitrogens with zero attached hydrogens (tertiary/aromatic N) is 1. The molecular weight excluding hydrogens is 364 g/mol. The van der Waals surface area contributed by atoms with Crippen LogP contribution in [0.2, 0.25) is 0 Å². The number of carbonyl (C=O) groups is 2. The third-order valence-corrected chi connectivity index (χ3v) is 4.85. The molecule has 1 heterocycles. The van der Waals surface area contributed by atoms with Gasteiger partial charge in [0.05, 0.1) is 12.2 Å². The zero-order chi connectivity index (χ0) is 20.1. The summed E-state index contributed by atoms with van der Waals surface area (Å²) in [5.74, 6) is 0.462. The van der Waals surface area contributed by atoms with Crippen LogP contribution in [0.15, 0.2) is 78.9 Å². The van der Waals surface area contributed by atoms with Crippen molar-refractivity contribution in [1.29, 1.82) is 0 Å². The third kappa shape index (κ3) is 4.63. The van der Waals surface area contributed by atoms with Crippen LogP contribution in [0.1, 0.15) is 17.5 Å². The Hall–Kier alpha value is -3.60. The van der Waals surface area contributed by atoms with Crippen molar-refractivity contribution < 1.29 is 14.3 Å². The molecule has 3 aromatic rings. The summed E-state index contributed by atoms with van der Waals surface area (Å²) in [7, 11) is 0. The van der Waals surface area contributed by atoms with Gasteiger partial charge in [0.1, 0.15) is 5.75 Å². The summed E-state index contributed by atoms with van der Waals surface area (Å²) in [5.41, 5.74) is 3.56. The molecule has 5 nitrogen and oxygen atoms in total. The molecule has 0 saturated heterocycles. The van der Waals surface area contributed by atoms with Crippen molar-refractivity contribution in [2.75, 3.05) is 16.8 Å². The molecule has 29 heavy (non-hydrogen) atoms. The van der Waals surface area contributed by atoms with Gasteiger partial charge in [-0.15, -0.1) is 0 Å². The first-order chi connectivity index (χ1) is 14.2. The number of carbonyl (C=O) groups excluding carboxylic acids is 2. The van der Waals surface area contributed by atoms with Crippen molar-refractivity contribution in [3.05, 3.63) is 90.0 Å². The molecule has 0 atom stereocenters. The Bertz CT molecular complexity index is 1000. The molecule has 3 aromatic carbocycles. The normalized spacial score (nSPS) is 12.8. The van der Waals surface area contributed by atoms with E-state index in [0.717, 1.165) is 11.1 Å². The van der Waals surface area contributed by atoms with Crippen LogP contribution in [0.4, 0.5) is 11.4 Å². The second-order valence-corrected chi connectivity index (χ2v) is 6.97. The minimum Gasteiger partial charge on any atom is -0.481 e. The minimum absolute atomic E-state index is 0.00869. The van der Waals surface area contributed by atoms with E-state index in [2.05, 4.69) is 5.32 Å². The molecule has 0 spiro atoms. The highest BCUT2D eigenvalue weighted by Crippen LogP contribution is 2.35. The standard InChI is InChI=1S/C24H22N2O3/c27-23(14-11-18-7-3-1-4-8-18)25-20-12-13-21-22(15-20)29-17-24(28)26(21)16-19-9-5-2-6-10-19/h1-10,12-13,15H,11,14,16-17H2,(H,25,27). The molecule has 0 fully saturated rings. The maximum atomic E-state index is 12.4. The molecule has 1 aliphatic heterocycles. The van der Waals surface area contributed by atoms with Gasteiger partial charge in [0.25, 0.3) is 5.91 Å². The van der Waals surface area contributed by atoms with E-state index in [4.69, 9.17) is 4.74 Å². The second kappa shape index (κ2) is 8.61. The number of nitrogens with one attached hydrogen (secondary N) is 1. The molecule has 0 aromatic heterocycles. The molecule has 1 N–H and O–H groups in total. The van der Waals surface area contributed by atoms with Crippen molar-refractivity contribution in [2.24, 2.45) is 0 Å². The first kappa shape index (κ1) is 18.7. The summed E-state index contributed by atoms with van der Waals surface area (Å²) in [6.45, 7) is 0.476. The molecule has 0 radical (unpaired) electrons. The maximum Gasteiger partial charge on any atom is 0.265 e. The topological polar surface area (TPSA) is 58.6 Å². The lowest BCUT2D eigenvalue weighted by Gasteiger charge is -2.29. The van der Waals surface area contributed by atoms with Crippen LogP contribution in [-0.4, -0.2) is 18.4 Å². The molecule has 0 saturated carbocycles. The average Bonchev–Trinajstić information content (AvgIpc) is 2.76. The Balaban J connectivity index is 1.43. The number of rotatable bonds is 6. The van der Waals surface area contributed by atoms with Crippen LogP contribution in [0.3, 0.4) is 0 Å². The Morgan fingerprint density at radius 1 is 0.931 bits per heavy atom. The third-order valence-electron chi connectivity index (χ3n) is 4.85. The molecule has 0 aliphatic carbocycles. The van der Waals surface area contributed by atoms with E-state index >= 15 is 0 Å². The van der Waals surface area contributed by atoms with Gasteiger partial charge in [-0.3, -0.25) is 9.59 Å². The number of aryl methyl sites for hydroxylation is 1. The van der Waals surface area contributed by atoms with Crippen LogP contribution in [0.5, 0.6) is 5.75 Å². The monoisotopic (exact) mass is 386 g/mol. The molecule has 2 amide bonds. The Morgan fingerprint density at radius 3 is 2.34 bits per heavy atom. The van der Waals surface area contributed by atoms with Crippen molar-refractivity contribution in [3.63, 3.8) is 0 Å². The average molecular weight is 386 g/mol. The van der Waals surface area contributed by atoms with Gasteiger partial charge in [-0.05, 0) is 29.7 Å². The van der Waals surface area contributed by atoms with Crippen LogP contribution in [0.25, 0.3) is 0 Å². The summed E-state index contributed by atoms with van der Waals surface area (Å²) in [5, 5.41) is 2.92. The van der Waals surface area contributed by atoms with Gasteiger partial charge >= 0.3 is 0 Å². The van der Waals surface area contributed by atoms with Crippen LogP contribution in [-0.2, 0) is 22.6 Å². The van der Waals surface area contributed by atoms with Gasteiger partial charge in [0, 0.05) is 18.2 Å².